The highest BCUT2D eigenvalue weighted by molar-refractivity contribution is 6.31. The minimum Gasteiger partial charge on any atom is -0.459 e. The zero-order valence-corrected chi connectivity index (χ0v) is 10.1. The van der Waals surface area contributed by atoms with Gasteiger partial charge in [-0.25, -0.2) is 0 Å². The first-order chi connectivity index (χ1) is 8.66. The van der Waals surface area contributed by atoms with Crippen LogP contribution in [-0.2, 0) is 0 Å². The number of halogens is 1. The normalized spacial score (nSPS) is 10.1. The van der Waals surface area contributed by atoms with Gasteiger partial charge in [-0.15, -0.1) is 0 Å². The molecule has 0 bridgehead atoms. The average Bonchev–Trinajstić information content (AvgIpc) is 2.89. The lowest BCUT2D eigenvalue weighted by atomic mass is 10.1. The van der Waals surface area contributed by atoms with Crippen LogP contribution < -0.4 is 5.32 Å². The molecule has 0 saturated heterocycles. The number of carbonyl (C=O) groups is 2. The maximum absolute atomic E-state index is 11.8. The second-order valence-electron chi connectivity index (χ2n) is 3.59. The van der Waals surface area contributed by atoms with E-state index in [-0.39, 0.29) is 18.1 Å². The van der Waals surface area contributed by atoms with Crippen molar-refractivity contribution in [2.24, 2.45) is 0 Å². The van der Waals surface area contributed by atoms with Crippen LogP contribution in [0.4, 0.5) is 0 Å². The molecule has 18 heavy (non-hydrogen) atoms. The number of carbonyl (C=O) groups excluding carboxylic acids is 2. The summed E-state index contributed by atoms with van der Waals surface area (Å²) in [5.74, 6) is -0.457. The van der Waals surface area contributed by atoms with Crippen molar-refractivity contribution in [3.05, 3.63) is 59.0 Å². The molecule has 0 unspecified atom stereocenters. The maximum Gasteiger partial charge on any atom is 0.287 e. The van der Waals surface area contributed by atoms with Crippen LogP contribution in [0.1, 0.15) is 20.9 Å². The van der Waals surface area contributed by atoms with Gasteiger partial charge in [-0.05, 0) is 24.3 Å². The van der Waals surface area contributed by atoms with Crippen molar-refractivity contribution in [2.45, 2.75) is 0 Å². The molecule has 0 aliphatic carbocycles. The van der Waals surface area contributed by atoms with Gasteiger partial charge in [0.1, 0.15) is 0 Å². The SMILES string of the molecule is O=C(CNC(=O)c1ccco1)c1cccc(Cl)c1. The number of furan rings is 1. The molecule has 0 radical (unpaired) electrons. The van der Waals surface area contributed by atoms with Crippen molar-refractivity contribution in [2.75, 3.05) is 6.54 Å². The summed E-state index contributed by atoms with van der Waals surface area (Å²) in [6.07, 6.45) is 1.40. The molecule has 1 heterocycles. The number of ketones is 1. The van der Waals surface area contributed by atoms with Gasteiger partial charge < -0.3 is 9.73 Å². The summed E-state index contributed by atoms with van der Waals surface area (Å²) < 4.78 is 4.91. The molecule has 1 N–H and O–H groups in total. The minimum absolute atomic E-state index is 0.0973. The number of amides is 1. The Kier molecular flexibility index (Phi) is 3.79. The van der Waals surface area contributed by atoms with Crippen LogP contribution in [0.5, 0.6) is 0 Å². The second-order valence-corrected chi connectivity index (χ2v) is 4.03. The summed E-state index contributed by atoms with van der Waals surface area (Å²) in [6.45, 7) is -0.0973. The van der Waals surface area contributed by atoms with Crippen LogP contribution in [-0.4, -0.2) is 18.2 Å². The van der Waals surface area contributed by atoms with Crippen LogP contribution in [0.3, 0.4) is 0 Å². The van der Waals surface area contributed by atoms with Crippen molar-refractivity contribution >= 4 is 23.3 Å². The molecular formula is C13H10ClNO3. The van der Waals surface area contributed by atoms with E-state index in [9.17, 15) is 9.59 Å². The van der Waals surface area contributed by atoms with E-state index in [1.54, 1.807) is 30.3 Å². The molecule has 0 aliphatic heterocycles. The van der Waals surface area contributed by atoms with Crippen molar-refractivity contribution < 1.29 is 14.0 Å². The van der Waals surface area contributed by atoms with Crippen molar-refractivity contribution in [3.63, 3.8) is 0 Å². The van der Waals surface area contributed by atoms with Crippen LogP contribution >= 0.6 is 11.6 Å². The first kappa shape index (κ1) is 12.4. The van der Waals surface area contributed by atoms with Gasteiger partial charge in [0.15, 0.2) is 11.5 Å². The molecule has 1 aromatic heterocycles. The predicted octanol–water partition coefficient (Wildman–Crippen LogP) is 2.55. The fourth-order valence-electron chi connectivity index (χ4n) is 1.42. The van der Waals surface area contributed by atoms with E-state index in [4.69, 9.17) is 16.0 Å². The Labute approximate surface area is 109 Å². The van der Waals surface area contributed by atoms with Gasteiger partial charge in [0.2, 0.25) is 0 Å². The van der Waals surface area contributed by atoms with Crippen LogP contribution in [0.15, 0.2) is 47.1 Å². The standard InChI is InChI=1S/C13H10ClNO3/c14-10-4-1-3-9(7-10)11(16)8-15-13(17)12-5-2-6-18-12/h1-7H,8H2,(H,15,17). The van der Waals surface area contributed by atoms with Gasteiger partial charge >= 0.3 is 0 Å². The smallest absolute Gasteiger partial charge is 0.287 e. The monoisotopic (exact) mass is 263 g/mol. The fraction of sp³-hybridized carbons (Fsp3) is 0.0769. The number of rotatable bonds is 4. The summed E-state index contributed by atoms with van der Waals surface area (Å²) in [5, 5.41) is 2.96. The molecule has 0 atom stereocenters. The Morgan fingerprint density at radius 2 is 2.06 bits per heavy atom. The third kappa shape index (κ3) is 2.99. The van der Waals surface area contributed by atoms with Gasteiger partial charge in [0, 0.05) is 10.6 Å². The highest BCUT2D eigenvalue weighted by Gasteiger charge is 2.11. The Bertz CT molecular complexity index is 563. The molecule has 2 rings (SSSR count). The molecular weight excluding hydrogens is 254 g/mol. The van der Waals surface area contributed by atoms with Gasteiger partial charge in [-0.3, -0.25) is 9.59 Å². The summed E-state index contributed by atoms with van der Waals surface area (Å²) in [4.78, 5) is 23.3. The van der Waals surface area contributed by atoms with Gasteiger partial charge in [-0.2, -0.15) is 0 Å². The molecule has 2 aromatic rings. The Hall–Kier alpha value is -2.07. The quantitative estimate of drug-likeness (QED) is 0.863. The van der Waals surface area contributed by atoms with E-state index in [1.165, 1.54) is 12.3 Å². The van der Waals surface area contributed by atoms with Crippen molar-refractivity contribution in [1.82, 2.24) is 5.32 Å². The van der Waals surface area contributed by atoms with Crippen molar-refractivity contribution in [3.8, 4) is 0 Å². The third-order valence-corrected chi connectivity index (χ3v) is 2.54. The Morgan fingerprint density at radius 3 is 2.72 bits per heavy atom. The summed E-state index contributed by atoms with van der Waals surface area (Å²) in [6, 6.07) is 9.70. The van der Waals surface area contributed by atoms with E-state index < -0.39 is 5.91 Å². The van der Waals surface area contributed by atoms with Gasteiger partial charge in [0.05, 0.1) is 12.8 Å². The average molecular weight is 264 g/mol. The molecule has 1 amide bonds. The predicted molar refractivity (Wildman–Crippen MR) is 66.8 cm³/mol. The van der Waals surface area contributed by atoms with Crippen LogP contribution in [0, 0.1) is 0 Å². The molecule has 0 aliphatic rings. The Morgan fingerprint density at radius 1 is 1.22 bits per heavy atom. The number of Topliss-reactive ketones (excluding diaryl/α,β-unsaturated/α-hetero) is 1. The topological polar surface area (TPSA) is 59.3 Å². The lowest BCUT2D eigenvalue weighted by Gasteiger charge is -2.03. The molecule has 1 aromatic carbocycles. The molecule has 92 valence electrons. The fourth-order valence-corrected chi connectivity index (χ4v) is 1.61. The number of benzene rings is 1. The Balaban J connectivity index is 1.95. The number of hydrogen-bond acceptors (Lipinski definition) is 3. The molecule has 5 heteroatoms. The van der Waals surface area contributed by atoms with Gasteiger partial charge in [-0.1, -0.05) is 23.7 Å². The van der Waals surface area contributed by atoms with E-state index in [0.717, 1.165) is 0 Å². The zero-order chi connectivity index (χ0) is 13.0. The van der Waals surface area contributed by atoms with E-state index in [1.807, 2.05) is 0 Å². The largest absolute Gasteiger partial charge is 0.459 e. The van der Waals surface area contributed by atoms with Crippen molar-refractivity contribution in [1.29, 1.82) is 0 Å². The molecule has 0 saturated carbocycles. The summed E-state index contributed by atoms with van der Waals surface area (Å²) in [5.41, 5.74) is 0.460. The molecule has 0 fully saturated rings. The van der Waals surface area contributed by atoms with E-state index >= 15 is 0 Å². The van der Waals surface area contributed by atoms with E-state index in [0.29, 0.717) is 10.6 Å². The number of nitrogens with one attached hydrogen (secondary N) is 1. The first-order valence-corrected chi connectivity index (χ1v) is 5.65. The summed E-state index contributed by atoms with van der Waals surface area (Å²) >= 11 is 5.78. The van der Waals surface area contributed by atoms with Crippen LogP contribution in [0.25, 0.3) is 0 Å². The summed E-state index contributed by atoms with van der Waals surface area (Å²) in [7, 11) is 0. The lowest BCUT2D eigenvalue weighted by Crippen LogP contribution is -2.29. The van der Waals surface area contributed by atoms with Crippen LogP contribution in [0.2, 0.25) is 5.02 Å². The number of hydrogen-bond donors (Lipinski definition) is 1. The minimum atomic E-state index is -0.421. The third-order valence-electron chi connectivity index (χ3n) is 2.30. The van der Waals surface area contributed by atoms with Gasteiger partial charge in [0.25, 0.3) is 5.91 Å². The molecule has 0 spiro atoms. The lowest BCUT2D eigenvalue weighted by molar-refractivity contribution is 0.0885. The maximum atomic E-state index is 11.8. The molecule has 4 nitrogen and oxygen atoms in total. The highest BCUT2D eigenvalue weighted by Crippen LogP contribution is 2.10. The highest BCUT2D eigenvalue weighted by atomic mass is 35.5. The second kappa shape index (κ2) is 5.51. The zero-order valence-electron chi connectivity index (χ0n) is 9.35. The van der Waals surface area contributed by atoms with E-state index in [2.05, 4.69) is 5.32 Å². The first-order valence-electron chi connectivity index (χ1n) is 5.27.